The Hall–Kier alpha value is -1.33. The first-order chi connectivity index (χ1) is 6.57. The second kappa shape index (κ2) is 4.26. The molecule has 0 saturated carbocycles. The van der Waals surface area contributed by atoms with Gasteiger partial charge < -0.3 is 20.6 Å². The van der Waals surface area contributed by atoms with Gasteiger partial charge in [0, 0.05) is 12.1 Å². The average Bonchev–Trinajstić information content (AvgIpc) is 2.15. The molecule has 0 fully saturated rings. The predicted molar refractivity (Wildman–Crippen MR) is 48.6 cm³/mol. The molecule has 4 N–H and O–H groups in total. The lowest BCUT2D eigenvalue weighted by molar-refractivity contribution is 0.172. The van der Waals surface area contributed by atoms with Crippen molar-refractivity contribution in [3.63, 3.8) is 0 Å². The van der Waals surface area contributed by atoms with Crippen LogP contribution in [0.5, 0.6) is 11.5 Å². The number of aromatic hydroxyl groups is 2. The van der Waals surface area contributed by atoms with Crippen LogP contribution < -0.4 is 5.32 Å². The fourth-order valence-electron chi connectivity index (χ4n) is 1.14. The van der Waals surface area contributed by atoms with E-state index in [-0.39, 0.29) is 12.1 Å². The zero-order valence-corrected chi connectivity index (χ0v) is 7.66. The number of phenolic OH excluding ortho intramolecular Hbond substituents is 2. The van der Waals surface area contributed by atoms with Crippen LogP contribution >= 0.6 is 0 Å². The van der Waals surface area contributed by atoms with Crippen LogP contribution in [-0.2, 0) is 0 Å². The standard InChI is InChI=1S/C9H12FNO3/c1-11-4-7(12)5-2-3-6(10)9(14)8(5)13/h2-3,7,11-14H,4H2,1H3. The lowest BCUT2D eigenvalue weighted by Gasteiger charge is -2.12. The van der Waals surface area contributed by atoms with E-state index in [2.05, 4.69) is 5.32 Å². The van der Waals surface area contributed by atoms with Crippen molar-refractivity contribution in [3.8, 4) is 11.5 Å². The highest BCUT2D eigenvalue weighted by atomic mass is 19.1. The van der Waals surface area contributed by atoms with Crippen molar-refractivity contribution in [2.45, 2.75) is 6.10 Å². The van der Waals surface area contributed by atoms with Crippen molar-refractivity contribution in [1.29, 1.82) is 0 Å². The quantitative estimate of drug-likeness (QED) is 0.537. The van der Waals surface area contributed by atoms with Crippen molar-refractivity contribution >= 4 is 0 Å². The summed E-state index contributed by atoms with van der Waals surface area (Å²) in [5.74, 6) is -2.37. The number of hydrogen-bond acceptors (Lipinski definition) is 4. The molecule has 1 aromatic carbocycles. The number of halogens is 1. The number of benzene rings is 1. The summed E-state index contributed by atoms with van der Waals surface area (Å²) in [4.78, 5) is 0. The van der Waals surface area contributed by atoms with Crippen LogP contribution in [0.3, 0.4) is 0 Å². The fraction of sp³-hybridized carbons (Fsp3) is 0.333. The second-order valence-corrected chi connectivity index (χ2v) is 2.91. The number of aliphatic hydroxyl groups is 1. The third-order valence-corrected chi connectivity index (χ3v) is 1.89. The van der Waals surface area contributed by atoms with Crippen LogP contribution in [0.15, 0.2) is 12.1 Å². The molecular weight excluding hydrogens is 189 g/mol. The van der Waals surface area contributed by atoms with Crippen molar-refractivity contribution in [2.24, 2.45) is 0 Å². The first-order valence-corrected chi connectivity index (χ1v) is 4.11. The van der Waals surface area contributed by atoms with Gasteiger partial charge in [-0.3, -0.25) is 0 Å². The molecule has 0 radical (unpaired) electrons. The number of phenols is 2. The van der Waals surface area contributed by atoms with E-state index in [1.54, 1.807) is 7.05 Å². The number of hydrogen-bond donors (Lipinski definition) is 4. The summed E-state index contributed by atoms with van der Waals surface area (Å²) in [6.07, 6.45) is -0.980. The summed E-state index contributed by atoms with van der Waals surface area (Å²) in [7, 11) is 1.63. The van der Waals surface area contributed by atoms with Gasteiger partial charge in [-0.15, -0.1) is 0 Å². The minimum absolute atomic E-state index is 0.0956. The van der Waals surface area contributed by atoms with Crippen molar-refractivity contribution < 1.29 is 19.7 Å². The van der Waals surface area contributed by atoms with Crippen LogP contribution in [0.25, 0.3) is 0 Å². The molecule has 0 aromatic heterocycles. The summed E-state index contributed by atoms with van der Waals surface area (Å²) in [5.41, 5.74) is 0.0956. The van der Waals surface area contributed by atoms with Crippen LogP contribution in [0.4, 0.5) is 4.39 Å². The van der Waals surface area contributed by atoms with Crippen LogP contribution in [0.1, 0.15) is 11.7 Å². The van der Waals surface area contributed by atoms with E-state index in [0.717, 1.165) is 6.07 Å². The number of likely N-dealkylation sites (N-methyl/N-ethyl adjacent to an activating group) is 1. The average molecular weight is 201 g/mol. The van der Waals surface area contributed by atoms with Crippen LogP contribution in [-0.4, -0.2) is 28.9 Å². The van der Waals surface area contributed by atoms with Crippen molar-refractivity contribution in [2.75, 3.05) is 13.6 Å². The Kier molecular flexibility index (Phi) is 3.27. The maximum atomic E-state index is 12.7. The van der Waals surface area contributed by atoms with E-state index in [1.165, 1.54) is 6.07 Å². The first-order valence-electron chi connectivity index (χ1n) is 4.11. The molecule has 1 aromatic rings. The van der Waals surface area contributed by atoms with Gasteiger partial charge in [-0.05, 0) is 19.2 Å². The fourth-order valence-corrected chi connectivity index (χ4v) is 1.14. The maximum Gasteiger partial charge on any atom is 0.194 e. The van der Waals surface area contributed by atoms with E-state index in [4.69, 9.17) is 5.11 Å². The zero-order chi connectivity index (χ0) is 10.7. The zero-order valence-electron chi connectivity index (χ0n) is 7.66. The Morgan fingerprint density at radius 2 is 2.00 bits per heavy atom. The lowest BCUT2D eigenvalue weighted by Crippen LogP contribution is -2.16. The topological polar surface area (TPSA) is 72.7 Å². The van der Waals surface area contributed by atoms with Crippen LogP contribution in [0, 0.1) is 5.82 Å². The molecule has 78 valence electrons. The molecule has 0 aliphatic rings. The first kappa shape index (κ1) is 10.7. The van der Waals surface area contributed by atoms with E-state index >= 15 is 0 Å². The third kappa shape index (κ3) is 1.94. The SMILES string of the molecule is CNCC(O)c1ccc(F)c(O)c1O. The predicted octanol–water partition coefficient (Wildman–Crippen LogP) is 0.490. The number of nitrogens with one attached hydrogen (secondary N) is 1. The Morgan fingerprint density at radius 3 is 2.57 bits per heavy atom. The molecular formula is C9H12FNO3. The highest BCUT2D eigenvalue weighted by Gasteiger charge is 2.16. The maximum absolute atomic E-state index is 12.7. The molecule has 0 heterocycles. The van der Waals surface area contributed by atoms with E-state index < -0.39 is 23.4 Å². The minimum atomic E-state index is -0.980. The van der Waals surface area contributed by atoms with Gasteiger partial charge in [0.25, 0.3) is 0 Å². The second-order valence-electron chi connectivity index (χ2n) is 2.91. The van der Waals surface area contributed by atoms with Crippen molar-refractivity contribution in [3.05, 3.63) is 23.5 Å². The molecule has 4 nitrogen and oxygen atoms in total. The summed E-state index contributed by atoms with van der Waals surface area (Å²) >= 11 is 0. The van der Waals surface area contributed by atoms with Crippen LogP contribution in [0.2, 0.25) is 0 Å². The van der Waals surface area contributed by atoms with Crippen molar-refractivity contribution in [1.82, 2.24) is 5.32 Å². The van der Waals surface area contributed by atoms with Gasteiger partial charge in [0.2, 0.25) is 0 Å². The van der Waals surface area contributed by atoms with Gasteiger partial charge >= 0.3 is 0 Å². The van der Waals surface area contributed by atoms with E-state index in [0.29, 0.717) is 0 Å². The highest BCUT2D eigenvalue weighted by molar-refractivity contribution is 5.46. The minimum Gasteiger partial charge on any atom is -0.504 e. The Labute approximate surface area is 80.6 Å². The normalized spacial score (nSPS) is 12.8. The molecule has 1 unspecified atom stereocenters. The molecule has 0 amide bonds. The Morgan fingerprint density at radius 1 is 1.36 bits per heavy atom. The van der Waals surface area contributed by atoms with E-state index in [9.17, 15) is 14.6 Å². The monoisotopic (exact) mass is 201 g/mol. The molecule has 1 rings (SSSR count). The Bertz CT molecular complexity index is 330. The largest absolute Gasteiger partial charge is 0.504 e. The Balaban J connectivity index is 3.04. The summed E-state index contributed by atoms with van der Waals surface area (Å²) in [6, 6.07) is 2.22. The van der Waals surface area contributed by atoms with Gasteiger partial charge in [-0.25, -0.2) is 4.39 Å². The van der Waals surface area contributed by atoms with Gasteiger partial charge in [-0.2, -0.15) is 0 Å². The van der Waals surface area contributed by atoms with Gasteiger partial charge in [0.1, 0.15) is 0 Å². The smallest absolute Gasteiger partial charge is 0.194 e. The van der Waals surface area contributed by atoms with Gasteiger partial charge in [0.05, 0.1) is 6.10 Å². The molecule has 14 heavy (non-hydrogen) atoms. The molecule has 0 aliphatic heterocycles. The van der Waals surface area contributed by atoms with Gasteiger partial charge in [0.15, 0.2) is 17.3 Å². The lowest BCUT2D eigenvalue weighted by atomic mass is 10.1. The molecule has 1 atom stereocenters. The molecule has 0 saturated heterocycles. The molecule has 0 aliphatic carbocycles. The summed E-state index contributed by atoms with van der Waals surface area (Å²) in [6.45, 7) is 0.207. The summed E-state index contributed by atoms with van der Waals surface area (Å²) in [5, 5.41) is 30.5. The molecule has 5 heteroatoms. The van der Waals surface area contributed by atoms with Gasteiger partial charge in [-0.1, -0.05) is 0 Å². The highest BCUT2D eigenvalue weighted by Crippen LogP contribution is 2.34. The summed E-state index contributed by atoms with van der Waals surface area (Å²) < 4.78 is 12.7. The molecule has 0 spiro atoms. The third-order valence-electron chi connectivity index (χ3n) is 1.89. The molecule has 0 bridgehead atoms. The van der Waals surface area contributed by atoms with E-state index in [1.807, 2.05) is 0 Å². The number of rotatable bonds is 3. The number of aliphatic hydroxyl groups excluding tert-OH is 1.